The fourth-order valence-electron chi connectivity index (χ4n) is 2.33. The molecular weight excluding hydrogens is 226 g/mol. The molecule has 3 nitrogen and oxygen atoms in total. The summed E-state index contributed by atoms with van der Waals surface area (Å²) >= 11 is 0. The molecule has 0 spiro atoms. The van der Waals surface area contributed by atoms with Gasteiger partial charge in [0.05, 0.1) is 0 Å². The first-order valence-corrected chi connectivity index (χ1v) is 6.97. The van der Waals surface area contributed by atoms with Crippen LogP contribution in [0, 0.1) is 0 Å². The summed E-state index contributed by atoms with van der Waals surface area (Å²) in [5, 5.41) is 0. The smallest absolute Gasteiger partial charge is 0.166 e. The SMILES string of the molecule is CCCCCCC(N)c1cccc2c1OCCO2. The number of nitrogens with two attached hydrogens (primary N) is 1. The molecule has 0 aromatic heterocycles. The Bertz CT molecular complexity index is 379. The van der Waals surface area contributed by atoms with Gasteiger partial charge in [0.1, 0.15) is 13.2 Å². The van der Waals surface area contributed by atoms with Gasteiger partial charge < -0.3 is 15.2 Å². The summed E-state index contributed by atoms with van der Waals surface area (Å²) < 4.78 is 11.3. The molecule has 0 bridgehead atoms. The highest BCUT2D eigenvalue weighted by atomic mass is 16.6. The van der Waals surface area contributed by atoms with E-state index in [1.165, 1.54) is 25.7 Å². The minimum absolute atomic E-state index is 0.0542. The van der Waals surface area contributed by atoms with Crippen molar-refractivity contribution < 1.29 is 9.47 Å². The molecule has 2 rings (SSSR count). The van der Waals surface area contributed by atoms with Crippen LogP contribution in [0.3, 0.4) is 0 Å². The van der Waals surface area contributed by atoms with Crippen LogP contribution < -0.4 is 15.2 Å². The van der Waals surface area contributed by atoms with E-state index in [4.69, 9.17) is 15.2 Å². The highest BCUT2D eigenvalue weighted by Gasteiger charge is 2.19. The summed E-state index contributed by atoms with van der Waals surface area (Å²) in [6.07, 6.45) is 6.00. The average molecular weight is 249 g/mol. The molecule has 0 aliphatic carbocycles. The predicted octanol–water partition coefficient (Wildman–Crippen LogP) is 3.43. The summed E-state index contributed by atoms with van der Waals surface area (Å²) in [6.45, 7) is 3.47. The second-order valence-electron chi connectivity index (χ2n) is 4.83. The van der Waals surface area contributed by atoms with Gasteiger partial charge in [-0.15, -0.1) is 0 Å². The van der Waals surface area contributed by atoms with Crippen LogP contribution in [0.25, 0.3) is 0 Å². The highest BCUT2D eigenvalue weighted by Crippen LogP contribution is 2.37. The van der Waals surface area contributed by atoms with Crippen LogP contribution in [0.1, 0.15) is 50.6 Å². The second-order valence-corrected chi connectivity index (χ2v) is 4.83. The molecule has 0 amide bonds. The third-order valence-electron chi connectivity index (χ3n) is 3.36. The fraction of sp³-hybridized carbons (Fsp3) is 0.600. The standard InChI is InChI=1S/C15H23NO2/c1-2-3-4-5-8-13(16)12-7-6-9-14-15(12)18-11-10-17-14/h6-7,9,13H,2-5,8,10-11,16H2,1H3. The van der Waals surface area contributed by atoms with Crippen LogP contribution in [0.5, 0.6) is 11.5 Å². The topological polar surface area (TPSA) is 44.5 Å². The molecule has 1 aromatic rings. The summed E-state index contributed by atoms with van der Waals surface area (Å²) in [7, 11) is 0. The minimum Gasteiger partial charge on any atom is -0.486 e. The number of fused-ring (bicyclic) bond motifs is 1. The van der Waals surface area contributed by atoms with Gasteiger partial charge in [-0.3, -0.25) is 0 Å². The molecule has 0 radical (unpaired) electrons. The Balaban J connectivity index is 1.99. The Morgan fingerprint density at radius 2 is 2.00 bits per heavy atom. The molecule has 2 N–H and O–H groups in total. The predicted molar refractivity (Wildman–Crippen MR) is 73.1 cm³/mol. The first-order valence-electron chi connectivity index (χ1n) is 6.97. The third kappa shape index (κ3) is 3.16. The van der Waals surface area contributed by atoms with Crippen molar-refractivity contribution in [2.45, 2.75) is 45.1 Å². The van der Waals surface area contributed by atoms with E-state index < -0.39 is 0 Å². The zero-order valence-electron chi connectivity index (χ0n) is 11.2. The first-order chi connectivity index (χ1) is 8.83. The van der Waals surface area contributed by atoms with E-state index in [1.807, 2.05) is 12.1 Å². The number of hydrogen-bond donors (Lipinski definition) is 1. The fourth-order valence-corrected chi connectivity index (χ4v) is 2.33. The molecule has 1 heterocycles. The van der Waals surface area contributed by atoms with Crippen LogP contribution in [-0.2, 0) is 0 Å². The van der Waals surface area contributed by atoms with Crippen molar-refractivity contribution in [1.29, 1.82) is 0 Å². The Morgan fingerprint density at radius 1 is 1.17 bits per heavy atom. The van der Waals surface area contributed by atoms with Crippen molar-refractivity contribution in [3.8, 4) is 11.5 Å². The summed E-state index contributed by atoms with van der Waals surface area (Å²) in [5.74, 6) is 1.69. The van der Waals surface area contributed by atoms with Crippen LogP contribution >= 0.6 is 0 Å². The van der Waals surface area contributed by atoms with E-state index >= 15 is 0 Å². The number of rotatable bonds is 6. The second kappa shape index (κ2) is 6.64. The van der Waals surface area contributed by atoms with Gasteiger partial charge in [-0.05, 0) is 12.5 Å². The van der Waals surface area contributed by atoms with Crippen LogP contribution in [0.15, 0.2) is 18.2 Å². The Hall–Kier alpha value is -1.22. The summed E-state index contributed by atoms with van der Waals surface area (Å²) in [4.78, 5) is 0. The van der Waals surface area contributed by atoms with Crippen molar-refractivity contribution in [2.75, 3.05) is 13.2 Å². The molecule has 0 saturated carbocycles. The Morgan fingerprint density at radius 3 is 2.83 bits per heavy atom. The highest BCUT2D eigenvalue weighted by molar-refractivity contribution is 5.48. The lowest BCUT2D eigenvalue weighted by molar-refractivity contribution is 0.169. The number of ether oxygens (including phenoxy) is 2. The monoisotopic (exact) mass is 249 g/mol. The number of para-hydroxylation sites is 1. The zero-order valence-corrected chi connectivity index (χ0v) is 11.2. The lowest BCUT2D eigenvalue weighted by Crippen LogP contribution is -2.19. The van der Waals surface area contributed by atoms with E-state index in [0.717, 1.165) is 23.5 Å². The van der Waals surface area contributed by atoms with Gasteiger partial charge in [-0.25, -0.2) is 0 Å². The molecular formula is C15H23NO2. The lowest BCUT2D eigenvalue weighted by atomic mass is 9.99. The normalized spacial score (nSPS) is 15.4. The Kier molecular flexibility index (Phi) is 4.88. The zero-order chi connectivity index (χ0) is 12.8. The van der Waals surface area contributed by atoms with Crippen molar-refractivity contribution in [3.05, 3.63) is 23.8 Å². The van der Waals surface area contributed by atoms with Gasteiger partial charge in [-0.2, -0.15) is 0 Å². The van der Waals surface area contributed by atoms with Crippen molar-refractivity contribution in [1.82, 2.24) is 0 Å². The van der Waals surface area contributed by atoms with Gasteiger partial charge in [-0.1, -0.05) is 44.7 Å². The van der Waals surface area contributed by atoms with Crippen molar-refractivity contribution in [2.24, 2.45) is 5.73 Å². The minimum atomic E-state index is 0.0542. The van der Waals surface area contributed by atoms with E-state index in [-0.39, 0.29) is 6.04 Å². The molecule has 1 unspecified atom stereocenters. The molecule has 1 aromatic carbocycles. The molecule has 0 fully saturated rings. The van der Waals surface area contributed by atoms with E-state index in [0.29, 0.717) is 13.2 Å². The van der Waals surface area contributed by atoms with Crippen LogP contribution in [0.2, 0.25) is 0 Å². The average Bonchev–Trinajstić information content (AvgIpc) is 2.43. The molecule has 1 aliphatic heterocycles. The van der Waals surface area contributed by atoms with Crippen molar-refractivity contribution >= 4 is 0 Å². The van der Waals surface area contributed by atoms with E-state index in [9.17, 15) is 0 Å². The van der Waals surface area contributed by atoms with E-state index in [2.05, 4.69) is 13.0 Å². The Labute approximate surface area is 109 Å². The number of unbranched alkanes of at least 4 members (excludes halogenated alkanes) is 3. The van der Waals surface area contributed by atoms with Gasteiger partial charge in [0.2, 0.25) is 0 Å². The van der Waals surface area contributed by atoms with Gasteiger partial charge in [0.25, 0.3) is 0 Å². The summed E-state index contributed by atoms with van der Waals surface area (Å²) in [6, 6.07) is 6.05. The lowest BCUT2D eigenvalue weighted by Gasteiger charge is -2.23. The third-order valence-corrected chi connectivity index (χ3v) is 3.36. The van der Waals surface area contributed by atoms with Crippen LogP contribution in [-0.4, -0.2) is 13.2 Å². The molecule has 1 aliphatic rings. The molecule has 3 heteroatoms. The summed E-state index contributed by atoms with van der Waals surface area (Å²) in [5.41, 5.74) is 7.35. The number of benzene rings is 1. The van der Waals surface area contributed by atoms with Gasteiger partial charge >= 0.3 is 0 Å². The quantitative estimate of drug-likeness (QED) is 0.786. The maximum absolute atomic E-state index is 6.27. The molecule has 100 valence electrons. The van der Waals surface area contributed by atoms with Crippen molar-refractivity contribution in [3.63, 3.8) is 0 Å². The van der Waals surface area contributed by atoms with Gasteiger partial charge in [0.15, 0.2) is 11.5 Å². The molecule has 18 heavy (non-hydrogen) atoms. The first kappa shape index (κ1) is 13.2. The molecule has 1 atom stereocenters. The largest absolute Gasteiger partial charge is 0.486 e. The maximum Gasteiger partial charge on any atom is 0.166 e. The van der Waals surface area contributed by atoms with Crippen LogP contribution in [0.4, 0.5) is 0 Å². The van der Waals surface area contributed by atoms with E-state index in [1.54, 1.807) is 0 Å². The number of hydrogen-bond acceptors (Lipinski definition) is 3. The maximum atomic E-state index is 6.27. The van der Waals surface area contributed by atoms with Gasteiger partial charge in [0, 0.05) is 11.6 Å². The molecule has 0 saturated heterocycles.